The number of aromatic hydroxyl groups is 1. The molecule has 0 aliphatic carbocycles. The van der Waals surface area contributed by atoms with Gasteiger partial charge in [-0.15, -0.1) is 0 Å². The number of carbonyl (C=O) groups excluding carboxylic acids is 1. The first-order valence-electron chi connectivity index (χ1n) is 12.1. The Bertz CT molecular complexity index is 1310. The lowest BCUT2D eigenvalue weighted by Crippen LogP contribution is -2.62. The van der Waals surface area contributed by atoms with Crippen molar-refractivity contribution in [2.45, 2.75) is 57.7 Å². The third-order valence-electron chi connectivity index (χ3n) is 6.47. The molecule has 200 valence electrons. The Morgan fingerprint density at radius 3 is 2.13 bits per heavy atom. The molecule has 12 heteroatoms. The summed E-state index contributed by atoms with van der Waals surface area (Å²) in [5, 5.41) is 41.7. The Morgan fingerprint density at radius 2 is 1.55 bits per heavy atom. The summed E-state index contributed by atoms with van der Waals surface area (Å²) in [5.74, 6) is -0.0507. The SMILES string of the molecule is CC1(C)CC(NC(=O)c2ccc(Nc3ncc([N+](=O)[O-])c(Nc4ccc(O)cc4)n3)cc2)CC(C)(C)N1O. The number of nitrogens with zero attached hydrogens (tertiary/aromatic N) is 4. The molecular weight excluding hydrogens is 490 g/mol. The number of phenols is 1. The molecule has 0 spiro atoms. The van der Waals surface area contributed by atoms with Gasteiger partial charge in [0.1, 0.15) is 11.9 Å². The third kappa shape index (κ3) is 5.98. The monoisotopic (exact) mass is 521 g/mol. The molecule has 0 saturated carbocycles. The molecule has 0 unspecified atom stereocenters. The number of phenolic OH excluding ortho intramolecular Hbond substituents is 1. The largest absolute Gasteiger partial charge is 0.508 e. The van der Waals surface area contributed by atoms with Crippen molar-refractivity contribution in [3.05, 3.63) is 70.4 Å². The van der Waals surface area contributed by atoms with Crippen LogP contribution in [0, 0.1) is 10.1 Å². The zero-order valence-electron chi connectivity index (χ0n) is 21.6. The molecule has 1 aliphatic rings. The fourth-order valence-electron chi connectivity index (χ4n) is 4.82. The number of rotatable bonds is 7. The summed E-state index contributed by atoms with van der Waals surface area (Å²) < 4.78 is 0. The van der Waals surface area contributed by atoms with E-state index in [1.54, 1.807) is 36.4 Å². The molecule has 1 saturated heterocycles. The van der Waals surface area contributed by atoms with Gasteiger partial charge in [-0.05, 0) is 89.1 Å². The van der Waals surface area contributed by atoms with Gasteiger partial charge in [0.25, 0.3) is 5.91 Å². The molecular formula is C26H31N7O5. The molecule has 1 fully saturated rings. The molecule has 0 atom stereocenters. The topological polar surface area (TPSA) is 166 Å². The lowest BCUT2D eigenvalue weighted by atomic mass is 9.79. The lowest BCUT2D eigenvalue weighted by molar-refractivity contribution is -0.384. The van der Waals surface area contributed by atoms with E-state index in [-0.39, 0.29) is 35.2 Å². The lowest BCUT2D eigenvalue weighted by Gasteiger charge is -2.51. The van der Waals surface area contributed by atoms with Gasteiger partial charge in [0.2, 0.25) is 11.8 Å². The van der Waals surface area contributed by atoms with Crippen molar-refractivity contribution in [1.29, 1.82) is 0 Å². The van der Waals surface area contributed by atoms with Crippen molar-refractivity contribution < 1.29 is 20.0 Å². The maximum atomic E-state index is 12.9. The maximum absolute atomic E-state index is 12.9. The van der Waals surface area contributed by atoms with Crippen LogP contribution in [0.4, 0.5) is 28.8 Å². The van der Waals surface area contributed by atoms with Crippen LogP contribution in [0.2, 0.25) is 0 Å². The highest BCUT2D eigenvalue weighted by atomic mass is 16.6. The predicted octanol–water partition coefficient (Wildman–Crippen LogP) is 4.72. The molecule has 3 aromatic rings. The van der Waals surface area contributed by atoms with Gasteiger partial charge < -0.3 is 26.3 Å². The average molecular weight is 522 g/mol. The Balaban J connectivity index is 1.45. The zero-order chi connectivity index (χ0) is 27.7. The van der Waals surface area contributed by atoms with E-state index in [0.29, 0.717) is 29.8 Å². The van der Waals surface area contributed by atoms with Crippen LogP contribution in [0.15, 0.2) is 54.7 Å². The van der Waals surface area contributed by atoms with E-state index < -0.39 is 16.0 Å². The van der Waals surface area contributed by atoms with Gasteiger partial charge in [-0.2, -0.15) is 10.0 Å². The molecule has 0 bridgehead atoms. The van der Waals surface area contributed by atoms with Crippen molar-refractivity contribution in [2.75, 3.05) is 10.6 Å². The standard InChI is InChI=1S/C26H31N7O5/c1-25(2)13-19(14-26(3,4)33(25)38)29-23(35)16-5-7-18(8-6-16)30-24-27-15-21(32(36)37)22(31-24)28-17-9-11-20(34)12-10-17/h5-12,15,19,34,38H,13-14H2,1-4H3,(H,29,35)(H2,27,28,30,31). The minimum atomic E-state index is -0.591. The molecule has 1 aliphatic heterocycles. The van der Waals surface area contributed by atoms with Crippen molar-refractivity contribution in [3.8, 4) is 5.75 Å². The van der Waals surface area contributed by atoms with Crippen LogP contribution in [0.3, 0.4) is 0 Å². The summed E-state index contributed by atoms with van der Waals surface area (Å²) in [6.07, 6.45) is 2.31. The van der Waals surface area contributed by atoms with Gasteiger partial charge in [0, 0.05) is 34.1 Å². The minimum absolute atomic E-state index is 0.0195. The molecule has 38 heavy (non-hydrogen) atoms. The molecule has 5 N–H and O–H groups in total. The number of nitro groups is 1. The van der Waals surface area contributed by atoms with Crippen LogP contribution < -0.4 is 16.0 Å². The number of aromatic nitrogens is 2. The second-order valence-electron chi connectivity index (χ2n) is 10.6. The number of anilines is 4. The van der Waals surface area contributed by atoms with E-state index in [9.17, 15) is 25.2 Å². The molecule has 0 radical (unpaired) electrons. The van der Waals surface area contributed by atoms with E-state index >= 15 is 0 Å². The number of hydrogen-bond acceptors (Lipinski definition) is 10. The van der Waals surface area contributed by atoms with E-state index in [4.69, 9.17) is 0 Å². The van der Waals surface area contributed by atoms with Crippen molar-refractivity contribution in [1.82, 2.24) is 20.3 Å². The normalized spacial score (nSPS) is 17.0. The fraction of sp³-hybridized carbons (Fsp3) is 0.346. The average Bonchev–Trinajstić information content (AvgIpc) is 2.84. The summed E-state index contributed by atoms with van der Waals surface area (Å²) in [6.45, 7) is 7.78. The Hall–Kier alpha value is -4.29. The maximum Gasteiger partial charge on any atom is 0.329 e. The Morgan fingerprint density at radius 1 is 1.00 bits per heavy atom. The smallest absolute Gasteiger partial charge is 0.329 e. The third-order valence-corrected chi connectivity index (χ3v) is 6.47. The molecule has 12 nitrogen and oxygen atoms in total. The summed E-state index contributed by atoms with van der Waals surface area (Å²) in [4.78, 5) is 32.0. The number of nitrogens with one attached hydrogen (secondary N) is 3. The number of amides is 1. The Kier molecular flexibility index (Phi) is 7.20. The quantitative estimate of drug-likeness (QED) is 0.167. The van der Waals surface area contributed by atoms with Crippen molar-refractivity contribution >= 4 is 34.7 Å². The van der Waals surface area contributed by atoms with Crippen molar-refractivity contribution in [3.63, 3.8) is 0 Å². The van der Waals surface area contributed by atoms with E-state index in [1.165, 1.54) is 17.2 Å². The number of piperidine rings is 1. The first-order valence-corrected chi connectivity index (χ1v) is 12.1. The van der Waals surface area contributed by atoms with Crippen LogP contribution in [0.25, 0.3) is 0 Å². The van der Waals surface area contributed by atoms with Gasteiger partial charge in [-0.3, -0.25) is 14.9 Å². The van der Waals surface area contributed by atoms with Gasteiger partial charge in [-0.25, -0.2) is 4.98 Å². The van der Waals surface area contributed by atoms with E-state index in [1.807, 2.05) is 27.7 Å². The number of hydrogen-bond donors (Lipinski definition) is 5. The summed E-state index contributed by atoms with van der Waals surface area (Å²) in [5.41, 5.74) is 0.290. The van der Waals surface area contributed by atoms with Crippen LogP contribution in [0.5, 0.6) is 5.75 Å². The number of carbonyl (C=O) groups is 1. The first kappa shape index (κ1) is 26.8. The van der Waals surface area contributed by atoms with Gasteiger partial charge in [0.05, 0.1) is 4.92 Å². The highest BCUT2D eigenvalue weighted by Gasteiger charge is 2.45. The van der Waals surface area contributed by atoms with Crippen LogP contribution >= 0.6 is 0 Å². The fourth-order valence-corrected chi connectivity index (χ4v) is 4.82. The van der Waals surface area contributed by atoms with Crippen LogP contribution in [-0.2, 0) is 0 Å². The molecule has 2 heterocycles. The number of benzene rings is 2. The summed E-state index contributed by atoms with van der Waals surface area (Å²) in [6, 6.07) is 12.6. The molecule has 1 aromatic heterocycles. The molecule has 1 amide bonds. The summed E-state index contributed by atoms with van der Waals surface area (Å²) in [7, 11) is 0. The van der Waals surface area contributed by atoms with E-state index in [0.717, 1.165) is 6.20 Å². The molecule has 2 aromatic carbocycles. The van der Waals surface area contributed by atoms with Crippen LogP contribution in [-0.4, -0.2) is 53.3 Å². The second kappa shape index (κ2) is 10.2. The van der Waals surface area contributed by atoms with Gasteiger partial charge in [-0.1, -0.05) is 0 Å². The highest BCUT2D eigenvalue weighted by molar-refractivity contribution is 5.94. The minimum Gasteiger partial charge on any atom is -0.508 e. The van der Waals surface area contributed by atoms with Crippen molar-refractivity contribution in [2.24, 2.45) is 0 Å². The molecule has 4 rings (SSSR count). The predicted molar refractivity (Wildman–Crippen MR) is 142 cm³/mol. The highest BCUT2D eigenvalue weighted by Crippen LogP contribution is 2.36. The van der Waals surface area contributed by atoms with Gasteiger partial charge >= 0.3 is 5.69 Å². The summed E-state index contributed by atoms with van der Waals surface area (Å²) >= 11 is 0. The zero-order valence-corrected chi connectivity index (χ0v) is 21.6. The Labute approximate surface area is 219 Å². The first-order chi connectivity index (χ1) is 17.8. The van der Waals surface area contributed by atoms with E-state index in [2.05, 4.69) is 25.9 Å². The number of hydroxylamine groups is 2. The van der Waals surface area contributed by atoms with Crippen LogP contribution in [0.1, 0.15) is 50.9 Å². The van der Waals surface area contributed by atoms with Gasteiger partial charge in [0.15, 0.2) is 0 Å². The second-order valence-corrected chi connectivity index (χ2v) is 10.6.